The molecule has 1 aromatic heterocycles. The summed E-state index contributed by atoms with van der Waals surface area (Å²) in [5.74, 6) is 2.32. The number of amides is 1. The highest BCUT2D eigenvalue weighted by molar-refractivity contribution is 5.77. The van der Waals surface area contributed by atoms with Gasteiger partial charge in [0, 0.05) is 18.9 Å². The zero-order valence-electron chi connectivity index (χ0n) is 8.36. The van der Waals surface area contributed by atoms with Gasteiger partial charge in [-0.1, -0.05) is 12.0 Å². The molecule has 0 bridgehead atoms. The van der Waals surface area contributed by atoms with Crippen LogP contribution in [0.1, 0.15) is 5.56 Å². The second-order valence-corrected chi connectivity index (χ2v) is 2.95. The van der Waals surface area contributed by atoms with Crippen molar-refractivity contribution in [2.75, 3.05) is 13.1 Å². The maximum atomic E-state index is 11.2. The maximum Gasteiger partial charge on any atom is 0.234 e. The zero-order chi connectivity index (χ0) is 10.9. The predicted octanol–water partition coefficient (Wildman–Crippen LogP) is -0.0794. The Hall–Kier alpha value is -1.86. The standard InChI is InChI=1S/C11H13N3O/c1-2-5-12-9-11(15)14-8-10-4-3-6-13-7-10/h1,3-4,6-7,12H,5,8-9H2,(H,14,15). The highest BCUT2D eigenvalue weighted by Gasteiger charge is 1.99. The predicted molar refractivity (Wildman–Crippen MR) is 57.8 cm³/mol. The van der Waals surface area contributed by atoms with E-state index in [1.54, 1.807) is 12.4 Å². The zero-order valence-corrected chi connectivity index (χ0v) is 8.36. The van der Waals surface area contributed by atoms with Crippen LogP contribution >= 0.6 is 0 Å². The SMILES string of the molecule is C#CCNCC(=O)NCc1cccnc1. The number of nitrogens with one attached hydrogen (secondary N) is 2. The third kappa shape index (κ3) is 4.79. The van der Waals surface area contributed by atoms with Crippen molar-refractivity contribution in [1.29, 1.82) is 0 Å². The van der Waals surface area contributed by atoms with Gasteiger partial charge in [0.1, 0.15) is 0 Å². The minimum atomic E-state index is -0.0749. The van der Waals surface area contributed by atoms with E-state index in [1.165, 1.54) is 0 Å². The van der Waals surface area contributed by atoms with Gasteiger partial charge in [0.25, 0.3) is 0 Å². The van der Waals surface area contributed by atoms with Gasteiger partial charge in [-0.25, -0.2) is 0 Å². The van der Waals surface area contributed by atoms with Crippen LogP contribution < -0.4 is 10.6 Å². The van der Waals surface area contributed by atoms with Crippen LogP contribution in [-0.4, -0.2) is 24.0 Å². The number of terminal acetylenes is 1. The van der Waals surface area contributed by atoms with E-state index in [1.807, 2.05) is 12.1 Å². The van der Waals surface area contributed by atoms with Crippen molar-refractivity contribution in [3.05, 3.63) is 30.1 Å². The summed E-state index contributed by atoms with van der Waals surface area (Å²) in [5.41, 5.74) is 0.975. The molecule has 0 radical (unpaired) electrons. The summed E-state index contributed by atoms with van der Waals surface area (Å²) in [6.45, 7) is 1.13. The number of carbonyl (C=O) groups is 1. The van der Waals surface area contributed by atoms with Crippen LogP contribution in [0.2, 0.25) is 0 Å². The Balaban J connectivity index is 2.20. The molecule has 0 unspecified atom stereocenters. The number of carbonyl (C=O) groups excluding carboxylic acids is 1. The van der Waals surface area contributed by atoms with Crippen LogP contribution in [0, 0.1) is 12.3 Å². The third-order valence-electron chi connectivity index (χ3n) is 1.73. The summed E-state index contributed by atoms with van der Waals surface area (Å²) in [4.78, 5) is 15.2. The first-order valence-corrected chi connectivity index (χ1v) is 4.62. The van der Waals surface area contributed by atoms with Gasteiger partial charge in [-0.15, -0.1) is 6.42 Å². The molecular formula is C11H13N3O. The van der Waals surface area contributed by atoms with Crippen molar-refractivity contribution in [3.8, 4) is 12.3 Å². The lowest BCUT2D eigenvalue weighted by molar-refractivity contribution is -0.120. The highest BCUT2D eigenvalue weighted by Crippen LogP contribution is 1.93. The van der Waals surface area contributed by atoms with E-state index >= 15 is 0 Å². The van der Waals surface area contributed by atoms with Gasteiger partial charge < -0.3 is 5.32 Å². The molecule has 0 saturated carbocycles. The van der Waals surface area contributed by atoms with Gasteiger partial charge in [-0.2, -0.15) is 0 Å². The van der Waals surface area contributed by atoms with Crippen LogP contribution in [0.25, 0.3) is 0 Å². The second-order valence-electron chi connectivity index (χ2n) is 2.95. The molecule has 0 atom stereocenters. The smallest absolute Gasteiger partial charge is 0.234 e. The molecule has 1 aromatic rings. The van der Waals surface area contributed by atoms with Gasteiger partial charge >= 0.3 is 0 Å². The van der Waals surface area contributed by atoms with E-state index in [9.17, 15) is 4.79 Å². The lowest BCUT2D eigenvalue weighted by Gasteiger charge is -2.04. The number of hydrogen-bond donors (Lipinski definition) is 2. The molecule has 78 valence electrons. The fourth-order valence-electron chi connectivity index (χ4n) is 1.01. The summed E-state index contributed by atoms with van der Waals surface area (Å²) in [5, 5.41) is 5.56. The molecular weight excluding hydrogens is 190 g/mol. The van der Waals surface area contributed by atoms with Crippen LogP contribution in [0.5, 0.6) is 0 Å². The lowest BCUT2D eigenvalue weighted by atomic mass is 10.3. The molecule has 0 aliphatic rings. The average Bonchev–Trinajstić information content (AvgIpc) is 2.28. The van der Waals surface area contributed by atoms with E-state index in [2.05, 4.69) is 21.5 Å². The molecule has 1 heterocycles. The molecule has 0 saturated heterocycles. The average molecular weight is 203 g/mol. The summed E-state index contributed by atoms with van der Waals surface area (Å²) >= 11 is 0. The van der Waals surface area contributed by atoms with Crippen molar-refractivity contribution in [2.24, 2.45) is 0 Å². The molecule has 2 N–H and O–H groups in total. The van der Waals surface area contributed by atoms with Crippen LogP contribution in [0.3, 0.4) is 0 Å². The first kappa shape index (κ1) is 11.2. The Morgan fingerprint density at radius 3 is 3.13 bits per heavy atom. The highest BCUT2D eigenvalue weighted by atomic mass is 16.1. The molecule has 0 spiro atoms. The Bertz CT molecular complexity index is 343. The first-order chi connectivity index (χ1) is 7.33. The molecule has 0 aromatic carbocycles. The van der Waals surface area contributed by atoms with Crippen molar-refractivity contribution in [1.82, 2.24) is 15.6 Å². The summed E-state index contributed by atoms with van der Waals surface area (Å²) in [6, 6.07) is 3.74. The molecule has 0 fully saturated rings. The van der Waals surface area contributed by atoms with E-state index < -0.39 is 0 Å². The normalized spacial score (nSPS) is 9.27. The second kappa shape index (κ2) is 6.57. The largest absolute Gasteiger partial charge is 0.351 e. The Kier molecular flexibility index (Phi) is 4.91. The molecule has 0 aliphatic carbocycles. The Labute approximate surface area is 89.1 Å². The molecule has 0 aliphatic heterocycles. The monoisotopic (exact) mass is 203 g/mol. The van der Waals surface area contributed by atoms with E-state index in [4.69, 9.17) is 6.42 Å². The molecule has 4 heteroatoms. The number of aromatic nitrogens is 1. The first-order valence-electron chi connectivity index (χ1n) is 4.62. The Morgan fingerprint density at radius 2 is 2.47 bits per heavy atom. The minimum Gasteiger partial charge on any atom is -0.351 e. The topological polar surface area (TPSA) is 54.0 Å². The van der Waals surface area contributed by atoms with Crippen molar-refractivity contribution >= 4 is 5.91 Å². The van der Waals surface area contributed by atoms with Crippen molar-refractivity contribution < 1.29 is 4.79 Å². The summed E-state index contributed by atoms with van der Waals surface area (Å²) < 4.78 is 0. The summed E-state index contributed by atoms with van der Waals surface area (Å²) in [7, 11) is 0. The number of pyridine rings is 1. The summed E-state index contributed by atoms with van der Waals surface area (Å²) in [6.07, 6.45) is 8.44. The van der Waals surface area contributed by atoms with Crippen molar-refractivity contribution in [2.45, 2.75) is 6.54 Å². The molecule has 1 amide bonds. The fourth-order valence-corrected chi connectivity index (χ4v) is 1.01. The van der Waals surface area contributed by atoms with Gasteiger partial charge in [-0.3, -0.25) is 15.1 Å². The molecule has 1 rings (SSSR count). The fraction of sp³-hybridized carbons (Fsp3) is 0.273. The van der Waals surface area contributed by atoms with Gasteiger partial charge in [0.2, 0.25) is 5.91 Å². The van der Waals surface area contributed by atoms with E-state index in [-0.39, 0.29) is 12.5 Å². The molecule has 15 heavy (non-hydrogen) atoms. The van der Waals surface area contributed by atoms with Crippen LogP contribution in [0.15, 0.2) is 24.5 Å². The number of hydrogen-bond acceptors (Lipinski definition) is 3. The van der Waals surface area contributed by atoms with Crippen LogP contribution in [0.4, 0.5) is 0 Å². The molecule has 4 nitrogen and oxygen atoms in total. The number of rotatable bonds is 5. The lowest BCUT2D eigenvalue weighted by Crippen LogP contribution is -2.33. The van der Waals surface area contributed by atoms with Gasteiger partial charge in [-0.05, 0) is 11.6 Å². The van der Waals surface area contributed by atoms with Gasteiger partial charge in [0.15, 0.2) is 0 Å². The maximum absolute atomic E-state index is 11.2. The van der Waals surface area contributed by atoms with E-state index in [0.717, 1.165) is 5.56 Å². The van der Waals surface area contributed by atoms with Gasteiger partial charge in [0.05, 0.1) is 13.1 Å². The number of nitrogens with zero attached hydrogens (tertiary/aromatic N) is 1. The van der Waals surface area contributed by atoms with Crippen LogP contribution in [-0.2, 0) is 11.3 Å². The third-order valence-corrected chi connectivity index (χ3v) is 1.73. The Morgan fingerprint density at radius 1 is 1.60 bits per heavy atom. The minimum absolute atomic E-state index is 0.0749. The van der Waals surface area contributed by atoms with E-state index in [0.29, 0.717) is 13.1 Å². The quantitative estimate of drug-likeness (QED) is 0.520. The van der Waals surface area contributed by atoms with Crippen molar-refractivity contribution in [3.63, 3.8) is 0 Å².